The fourth-order valence-corrected chi connectivity index (χ4v) is 2.65. The van der Waals surface area contributed by atoms with Crippen molar-refractivity contribution in [3.63, 3.8) is 0 Å². The van der Waals surface area contributed by atoms with E-state index in [4.69, 9.17) is 0 Å². The highest BCUT2D eigenvalue weighted by Crippen LogP contribution is 2.21. The maximum absolute atomic E-state index is 4.40. The van der Waals surface area contributed by atoms with Crippen LogP contribution in [0.4, 0.5) is 5.13 Å². The first-order valence-electron chi connectivity index (χ1n) is 6.40. The zero-order chi connectivity index (χ0) is 13.0. The molecule has 2 heterocycles. The minimum atomic E-state index is 0.450. The van der Waals surface area contributed by atoms with E-state index in [9.17, 15) is 0 Å². The number of imidazole rings is 1. The van der Waals surface area contributed by atoms with Crippen molar-refractivity contribution in [1.82, 2.24) is 14.5 Å². The molecule has 5 heteroatoms. The van der Waals surface area contributed by atoms with Crippen LogP contribution in [-0.2, 0) is 6.54 Å². The second-order valence-corrected chi connectivity index (χ2v) is 5.74. The minimum Gasteiger partial charge on any atom is -0.362 e. The molecule has 0 aromatic carbocycles. The Bertz CT molecular complexity index is 487. The molecule has 0 aliphatic heterocycles. The highest BCUT2D eigenvalue weighted by Gasteiger charge is 2.09. The molecule has 0 amide bonds. The summed E-state index contributed by atoms with van der Waals surface area (Å²) in [5, 5.41) is 4.33. The van der Waals surface area contributed by atoms with Crippen LogP contribution in [0.15, 0.2) is 18.6 Å². The molecule has 18 heavy (non-hydrogen) atoms. The van der Waals surface area contributed by atoms with Crippen molar-refractivity contribution in [2.75, 3.05) is 11.9 Å². The predicted molar refractivity (Wildman–Crippen MR) is 76.3 cm³/mol. The summed E-state index contributed by atoms with van der Waals surface area (Å²) in [6, 6.07) is 0. The average Bonchev–Trinajstić information content (AvgIpc) is 2.96. The molecule has 0 fully saturated rings. The molecule has 1 N–H and O–H groups in total. The first-order chi connectivity index (χ1) is 8.70. The number of thiazole rings is 1. The van der Waals surface area contributed by atoms with Crippen LogP contribution in [0, 0.1) is 0 Å². The highest BCUT2D eigenvalue weighted by atomic mass is 32.1. The van der Waals surface area contributed by atoms with Gasteiger partial charge in [-0.15, -0.1) is 11.3 Å². The van der Waals surface area contributed by atoms with Crippen LogP contribution in [-0.4, -0.2) is 21.1 Å². The van der Waals surface area contributed by atoms with Gasteiger partial charge in [-0.2, -0.15) is 0 Å². The monoisotopic (exact) mass is 264 g/mol. The molecule has 0 aliphatic carbocycles. The van der Waals surface area contributed by atoms with Crippen molar-refractivity contribution in [2.24, 2.45) is 0 Å². The average molecular weight is 264 g/mol. The van der Waals surface area contributed by atoms with E-state index in [0.29, 0.717) is 5.92 Å². The zero-order valence-corrected chi connectivity index (χ0v) is 12.0. The van der Waals surface area contributed by atoms with E-state index in [-0.39, 0.29) is 0 Å². The Morgan fingerprint density at radius 1 is 1.39 bits per heavy atom. The summed E-state index contributed by atoms with van der Waals surface area (Å²) in [6.45, 7) is 8.33. The Labute approximate surface area is 112 Å². The largest absolute Gasteiger partial charge is 0.362 e. The molecule has 98 valence electrons. The summed E-state index contributed by atoms with van der Waals surface area (Å²) in [7, 11) is 0. The second-order valence-electron chi connectivity index (χ2n) is 4.63. The van der Waals surface area contributed by atoms with E-state index < -0.39 is 0 Å². The highest BCUT2D eigenvalue weighted by molar-refractivity contribution is 7.15. The molecular formula is C13H20N4S. The van der Waals surface area contributed by atoms with Gasteiger partial charge in [-0.3, -0.25) is 0 Å². The van der Waals surface area contributed by atoms with Gasteiger partial charge in [-0.05, 0) is 6.42 Å². The molecule has 0 spiro atoms. The van der Waals surface area contributed by atoms with E-state index in [0.717, 1.165) is 30.5 Å². The van der Waals surface area contributed by atoms with Gasteiger partial charge < -0.3 is 9.88 Å². The maximum atomic E-state index is 4.40. The van der Waals surface area contributed by atoms with E-state index in [1.807, 2.05) is 18.6 Å². The van der Waals surface area contributed by atoms with Crippen LogP contribution in [0.5, 0.6) is 0 Å². The number of hydrogen-bond acceptors (Lipinski definition) is 4. The number of nitrogens with zero attached hydrogens (tertiary/aromatic N) is 3. The first kappa shape index (κ1) is 13.1. The summed E-state index contributed by atoms with van der Waals surface area (Å²) in [5.74, 6) is 1.58. The molecule has 0 saturated carbocycles. The lowest BCUT2D eigenvalue weighted by molar-refractivity contribution is 0.674. The van der Waals surface area contributed by atoms with Crippen LogP contribution in [0.25, 0.3) is 0 Å². The molecule has 2 aromatic heterocycles. The van der Waals surface area contributed by atoms with Gasteiger partial charge in [0.2, 0.25) is 0 Å². The van der Waals surface area contributed by atoms with Crippen LogP contribution in [0.3, 0.4) is 0 Å². The van der Waals surface area contributed by atoms with E-state index in [1.165, 1.54) is 4.88 Å². The topological polar surface area (TPSA) is 42.7 Å². The van der Waals surface area contributed by atoms with Crippen LogP contribution >= 0.6 is 11.3 Å². The Morgan fingerprint density at radius 3 is 2.94 bits per heavy atom. The summed E-state index contributed by atoms with van der Waals surface area (Å²) in [6.07, 6.45) is 6.97. The number of rotatable bonds is 6. The van der Waals surface area contributed by atoms with Gasteiger partial charge in [0.05, 0.1) is 6.54 Å². The summed E-state index contributed by atoms with van der Waals surface area (Å²) < 4.78 is 2.20. The molecular weight excluding hydrogens is 244 g/mol. The number of nitrogens with one attached hydrogen (secondary N) is 1. The van der Waals surface area contributed by atoms with Gasteiger partial charge in [0, 0.05) is 35.9 Å². The second kappa shape index (κ2) is 6.00. The Balaban J connectivity index is 2.04. The molecule has 0 aliphatic rings. The van der Waals surface area contributed by atoms with Crippen molar-refractivity contribution in [3.8, 4) is 0 Å². The van der Waals surface area contributed by atoms with Gasteiger partial charge in [0.15, 0.2) is 5.13 Å². The fourth-order valence-electron chi connectivity index (χ4n) is 1.82. The molecule has 0 bridgehead atoms. The van der Waals surface area contributed by atoms with Crippen LogP contribution in [0.1, 0.15) is 43.8 Å². The molecule has 0 saturated heterocycles. The lowest BCUT2D eigenvalue weighted by Crippen LogP contribution is -2.04. The number of hydrogen-bond donors (Lipinski definition) is 1. The van der Waals surface area contributed by atoms with E-state index in [2.05, 4.69) is 40.6 Å². The molecule has 4 nitrogen and oxygen atoms in total. The molecule has 0 unspecified atom stereocenters. The minimum absolute atomic E-state index is 0.450. The van der Waals surface area contributed by atoms with Crippen molar-refractivity contribution in [2.45, 2.75) is 39.7 Å². The molecule has 0 radical (unpaired) electrons. The van der Waals surface area contributed by atoms with Crippen molar-refractivity contribution < 1.29 is 0 Å². The quantitative estimate of drug-likeness (QED) is 0.870. The van der Waals surface area contributed by atoms with Gasteiger partial charge in [0.25, 0.3) is 0 Å². The fraction of sp³-hybridized carbons (Fsp3) is 0.538. The third-order valence-corrected chi connectivity index (χ3v) is 3.61. The third-order valence-electron chi connectivity index (χ3n) is 2.67. The normalized spacial score (nSPS) is 11.1. The summed E-state index contributed by atoms with van der Waals surface area (Å²) in [5.41, 5.74) is 0. The Kier molecular flexibility index (Phi) is 4.36. The molecule has 0 atom stereocenters. The Hall–Kier alpha value is -1.36. The Morgan fingerprint density at radius 2 is 2.22 bits per heavy atom. The summed E-state index contributed by atoms with van der Waals surface area (Å²) >= 11 is 1.72. The van der Waals surface area contributed by atoms with Crippen LogP contribution in [0.2, 0.25) is 0 Å². The SMILES string of the molecule is CCCNc1ncc(Cn2ccnc2C(C)C)s1. The zero-order valence-electron chi connectivity index (χ0n) is 11.2. The predicted octanol–water partition coefficient (Wildman–Crippen LogP) is 3.33. The van der Waals surface area contributed by atoms with E-state index >= 15 is 0 Å². The number of aromatic nitrogens is 3. The number of anilines is 1. The smallest absolute Gasteiger partial charge is 0.182 e. The first-order valence-corrected chi connectivity index (χ1v) is 7.22. The van der Waals surface area contributed by atoms with Crippen molar-refractivity contribution in [3.05, 3.63) is 29.3 Å². The third kappa shape index (κ3) is 3.10. The lowest BCUT2D eigenvalue weighted by atomic mass is 10.2. The van der Waals surface area contributed by atoms with Gasteiger partial charge in [-0.25, -0.2) is 9.97 Å². The standard InChI is InChI=1S/C13H20N4S/c1-4-5-15-13-16-8-11(18-13)9-17-7-6-14-12(17)10(2)3/h6-8,10H,4-5,9H2,1-3H3,(H,15,16). The van der Waals surface area contributed by atoms with Crippen molar-refractivity contribution in [1.29, 1.82) is 0 Å². The summed E-state index contributed by atoms with van der Waals surface area (Å²) in [4.78, 5) is 10.0. The van der Waals surface area contributed by atoms with Gasteiger partial charge >= 0.3 is 0 Å². The van der Waals surface area contributed by atoms with Crippen LogP contribution < -0.4 is 5.32 Å². The van der Waals surface area contributed by atoms with Gasteiger partial charge in [0.1, 0.15) is 5.82 Å². The molecule has 2 rings (SSSR count). The lowest BCUT2D eigenvalue weighted by Gasteiger charge is -2.08. The van der Waals surface area contributed by atoms with E-state index in [1.54, 1.807) is 11.3 Å². The maximum Gasteiger partial charge on any atom is 0.182 e. The van der Waals surface area contributed by atoms with Crippen molar-refractivity contribution >= 4 is 16.5 Å². The molecule has 2 aromatic rings. The van der Waals surface area contributed by atoms with Gasteiger partial charge in [-0.1, -0.05) is 20.8 Å².